The van der Waals surface area contributed by atoms with Gasteiger partial charge in [0.1, 0.15) is 19.4 Å². The maximum absolute atomic E-state index is 11.9. The van der Waals surface area contributed by atoms with Crippen molar-refractivity contribution in [1.29, 1.82) is 0 Å². The number of fused-ring (bicyclic) bond motifs is 1. The van der Waals surface area contributed by atoms with Gasteiger partial charge in [0.25, 0.3) is 5.56 Å². The van der Waals surface area contributed by atoms with Crippen LogP contribution < -0.4 is 11.3 Å². The van der Waals surface area contributed by atoms with Crippen LogP contribution in [0.3, 0.4) is 0 Å². The second kappa shape index (κ2) is 8.08. The lowest BCUT2D eigenvalue weighted by Crippen LogP contribution is -2.29. The Kier molecular flexibility index (Phi) is 6.10. The van der Waals surface area contributed by atoms with Gasteiger partial charge in [-0.1, -0.05) is 20.8 Å². The molecule has 2 atom stereocenters. The van der Waals surface area contributed by atoms with Crippen molar-refractivity contribution in [2.24, 2.45) is 11.8 Å². The fraction of sp³-hybridized carbons (Fsp3) is 0.600. The molecule has 0 aliphatic rings. The Hall–Kier alpha value is -2.46. The Morgan fingerprint density at radius 2 is 2.16 bits per heavy atom. The Labute approximate surface area is 144 Å². The third-order valence-corrected chi connectivity index (χ3v) is 3.93. The summed E-state index contributed by atoms with van der Waals surface area (Å²) in [7, 11) is 0. The zero-order valence-electron chi connectivity index (χ0n) is 14.4. The van der Waals surface area contributed by atoms with Crippen LogP contribution in [-0.2, 0) is 21.0 Å². The first-order valence-electron chi connectivity index (χ1n) is 7.93. The lowest BCUT2D eigenvalue weighted by atomic mass is 9.99. The minimum atomic E-state index is -0.708. The number of aromatic nitrogens is 4. The second-order valence-electron chi connectivity index (χ2n) is 6.10. The average Bonchev–Trinajstić information content (AvgIpc) is 2.97. The molecule has 0 spiro atoms. The summed E-state index contributed by atoms with van der Waals surface area (Å²) in [5, 5.41) is 9.39. The first-order valence-corrected chi connectivity index (χ1v) is 7.93. The monoisotopic (exact) mass is 353 g/mol. The molecule has 0 saturated heterocycles. The number of nitrogens with one attached hydrogen (secondary N) is 1. The van der Waals surface area contributed by atoms with E-state index in [0.29, 0.717) is 0 Å². The highest BCUT2D eigenvalue weighted by Crippen LogP contribution is 2.12. The molecule has 0 saturated carbocycles. The lowest BCUT2D eigenvalue weighted by Gasteiger charge is -2.19. The highest BCUT2D eigenvalue weighted by Gasteiger charge is 2.20. The molecular weight excluding hydrogens is 330 g/mol. The number of esters is 1. The molecule has 0 radical (unpaired) electrons. The van der Waals surface area contributed by atoms with Crippen molar-refractivity contribution in [3.05, 3.63) is 16.7 Å². The Balaban J connectivity index is 1.97. The van der Waals surface area contributed by atoms with Gasteiger partial charge in [0.05, 0.1) is 18.9 Å². The number of H-pyrrole nitrogens is 1. The summed E-state index contributed by atoms with van der Waals surface area (Å²) in [4.78, 5) is 33.9. The number of aliphatic hydroxyl groups excluding tert-OH is 1. The third kappa shape index (κ3) is 4.54. The molecule has 0 bridgehead atoms. The standard InChI is InChI=1S/C15H23N5O5/c1-8(2)9(3)14(23)24-5-10(4-21)25-7-20-6-17-11-12(20)18-15(16)19-13(11)22/h6,8-10,21H,4-5,7H2,1-3H3,(H3,16,18,19,22)/t9-,10?/m0/s1. The minimum Gasteiger partial charge on any atom is -0.463 e. The molecule has 0 fully saturated rings. The van der Waals surface area contributed by atoms with Gasteiger partial charge in [0, 0.05) is 0 Å². The molecule has 10 nitrogen and oxygen atoms in total. The average molecular weight is 353 g/mol. The van der Waals surface area contributed by atoms with E-state index < -0.39 is 11.7 Å². The molecule has 0 amide bonds. The van der Waals surface area contributed by atoms with Gasteiger partial charge in [-0.15, -0.1) is 0 Å². The van der Waals surface area contributed by atoms with E-state index in [0.717, 1.165) is 0 Å². The van der Waals surface area contributed by atoms with Gasteiger partial charge in [0.2, 0.25) is 5.95 Å². The van der Waals surface area contributed by atoms with E-state index in [9.17, 15) is 14.7 Å². The number of carbonyl (C=O) groups excluding carboxylic acids is 1. The van der Waals surface area contributed by atoms with Crippen LogP contribution in [0.4, 0.5) is 5.95 Å². The Morgan fingerprint density at radius 3 is 2.80 bits per heavy atom. The molecule has 2 aromatic rings. The molecule has 0 aliphatic heterocycles. The van der Waals surface area contributed by atoms with E-state index in [-0.39, 0.29) is 54.9 Å². The van der Waals surface area contributed by atoms with Crippen LogP contribution >= 0.6 is 0 Å². The first kappa shape index (κ1) is 18.9. The van der Waals surface area contributed by atoms with E-state index >= 15 is 0 Å². The number of rotatable bonds is 8. The van der Waals surface area contributed by atoms with Gasteiger partial charge in [0.15, 0.2) is 11.2 Å². The van der Waals surface area contributed by atoms with E-state index in [1.807, 2.05) is 13.8 Å². The summed E-state index contributed by atoms with van der Waals surface area (Å²) in [5.41, 5.74) is 5.48. The smallest absolute Gasteiger partial charge is 0.309 e. The third-order valence-electron chi connectivity index (χ3n) is 3.93. The number of nitrogens with two attached hydrogens (primary N) is 1. The van der Waals surface area contributed by atoms with Gasteiger partial charge < -0.3 is 20.3 Å². The zero-order valence-corrected chi connectivity index (χ0v) is 14.4. The molecule has 0 aromatic carbocycles. The topological polar surface area (TPSA) is 145 Å². The van der Waals surface area contributed by atoms with Gasteiger partial charge in [-0.2, -0.15) is 4.98 Å². The molecule has 10 heteroatoms. The highest BCUT2D eigenvalue weighted by molar-refractivity contribution is 5.72. The number of ether oxygens (including phenoxy) is 2. The molecular formula is C15H23N5O5. The first-order chi connectivity index (χ1) is 11.8. The van der Waals surface area contributed by atoms with Crippen LogP contribution in [0.25, 0.3) is 11.2 Å². The van der Waals surface area contributed by atoms with Gasteiger partial charge in [-0.25, -0.2) is 4.98 Å². The molecule has 2 heterocycles. The molecule has 25 heavy (non-hydrogen) atoms. The molecule has 138 valence electrons. The molecule has 4 N–H and O–H groups in total. The SMILES string of the molecule is CC(C)[C@H](C)C(=O)OCC(CO)OCn1cnc2c(=O)[nH]c(N)nc21. The van der Waals surface area contributed by atoms with Crippen molar-refractivity contribution in [1.82, 2.24) is 19.5 Å². The van der Waals surface area contributed by atoms with Crippen molar-refractivity contribution in [2.45, 2.75) is 33.6 Å². The van der Waals surface area contributed by atoms with E-state index in [1.165, 1.54) is 10.9 Å². The minimum absolute atomic E-state index is 0.0328. The Bertz CT molecular complexity index is 784. The van der Waals surface area contributed by atoms with Crippen molar-refractivity contribution in [2.75, 3.05) is 18.9 Å². The molecule has 1 unspecified atom stereocenters. The van der Waals surface area contributed by atoms with Crippen LogP contribution in [-0.4, -0.2) is 49.9 Å². The number of aliphatic hydroxyl groups is 1. The van der Waals surface area contributed by atoms with Crippen molar-refractivity contribution >= 4 is 23.1 Å². The second-order valence-corrected chi connectivity index (χ2v) is 6.10. The number of hydrogen-bond acceptors (Lipinski definition) is 8. The number of anilines is 1. The maximum atomic E-state index is 11.9. The van der Waals surface area contributed by atoms with Crippen LogP contribution in [0, 0.1) is 11.8 Å². The quantitative estimate of drug-likeness (QED) is 0.556. The number of nitrogen functional groups attached to an aromatic ring is 1. The predicted molar refractivity (Wildman–Crippen MR) is 89.5 cm³/mol. The number of imidazole rings is 1. The van der Waals surface area contributed by atoms with Gasteiger partial charge in [-0.05, 0) is 5.92 Å². The summed E-state index contributed by atoms with van der Waals surface area (Å²) < 4.78 is 12.2. The van der Waals surface area contributed by atoms with E-state index in [4.69, 9.17) is 15.2 Å². The summed E-state index contributed by atoms with van der Waals surface area (Å²) in [5.74, 6) is -0.454. The van der Waals surface area contributed by atoms with Crippen LogP contribution in [0.15, 0.2) is 11.1 Å². The molecule has 2 aromatic heterocycles. The number of nitrogens with zero attached hydrogens (tertiary/aromatic N) is 3. The maximum Gasteiger partial charge on any atom is 0.309 e. The summed E-state index contributed by atoms with van der Waals surface area (Å²) >= 11 is 0. The van der Waals surface area contributed by atoms with E-state index in [1.54, 1.807) is 6.92 Å². The Morgan fingerprint density at radius 1 is 1.44 bits per heavy atom. The summed E-state index contributed by atoms with van der Waals surface area (Å²) in [6.07, 6.45) is 0.674. The van der Waals surface area contributed by atoms with E-state index in [2.05, 4.69) is 15.0 Å². The lowest BCUT2D eigenvalue weighted by molar-refractivity contribution is -0.156. The summed E-state index contributed by atoms with van der Waals surface area (Å²) in [6, 6.07) is 0. The normalized spacial score (nSPS) is 14.0. The fourth-order valence-electron chi connectivity index (χ4n) is 1.98. The number of aromatic amines is 1. The van der Waals surface area contributed by atoms with Crippen molar-refractivity contribution in [3.63, 3.8) is 0 Å². The predicted octanol–water partition coefficient (Wildman–Crippen LogP) is -0.128. The fourth-order valence-corrected chi connectivity index (χ4v) is 1.98. The van der Waals surface area contributed by atoms with Crippen molar-refractivity contribution < 1.29 is 19.4 Å². The van der Waals surface area contributed by atoms with Crippen molar-refractivity contribution in [3.8, 4) is 0 Å². The van der Waals surface area contributed by atoms with Gasteiger partial charge in [-0.3, -0.25) is 19.1 Å². The van der Waals surface area contributed by atoms with Crippen LogP contribution in [0.5, 0.6) is 0 Å². The van der Waals surface area contributed by atoms with Crippen LogP contribution in [0.1, 0.15) is 20.8 Å². The van der Waals surface area contributed by atoms with Crippen LogP contribution in [0.2, 0.25) is 0 Å². The number of hydrogen-bond donors (Lipinski definition) is 3. The highest BCUT2D eigenvalue weighted by atomic mass is 16.6. The molecule has 0 aliphatic carbocycles. The number of carbonyl (C=O) groups is 1. The molecule has 2 rings (SSSR count). The zero-order chi connectivity index (χ0) is 18.6. The summed E-state index contributed by atoms with van der Waals surface area (Å²) in [6.45, 7) is 5.20. The van der Waals surface area contributed by atoms with Gasteiger partial charge >= 0.3 is 5.97 Å². The largest absolute Gasteiger partial charge is 0.463 e.